The molecular formula is C28H32N2O2. The fraction of sp³-hybridized carbons (Fsp3) is 0.286. The van der Waals surface area contributed by atoms with Gasteiger partial charge < -0.3 is 10.1 Å². The predicted octanol–water partition coefficient (Wildman–Crippen LogP) is 7.01. The minimum Gasteiger partial charge on any atom is -0.450 e. The third-order valence-electron chi connectivity index (χ3n) is 5.63. The van der Waals surface area contributed by atoms with Crippen molar-refractivity contribution < 1.29 is 9.53 Å². The first-order valence-electron chi connectivity index (χ1n) is 11.3. The first-order valence-corrected chi connectivity index (χ1v) is 11.3. The number of carbonyl (C=O) groups excluding carboxylic acids is 1. The molecule has 0 bridgehead atoms. The Balaban J connectivity index is 1.93. The molecule has 1 unspecified atom stereocenters. The van der Waals surface area contributed by atoms with E-state index in [1.807, 2.05) is 67.6 Å². The molecule has 4 nitrogen and oxygen atoms in total. The molecule has 0 spiro atoms. The molecule has 0 saturated heterocycles. The molecule has 4 heteroatoms. The number of nitrogens with zero attached hydrogens (tertiary/aromatic N) is 1. The van der Waals surface area contributed by atoms with Gasteiger partial charge in [-0.2, -0.15) is 0 Å². The van der Waals surface area contributed by atoms with Gasteiger partial charge in [0.2, 0.25) is 0 Å². The summed E-state index contributed by atoms with van der Waals surface area (Å²) in [6.07, 6.45) is 2.20. The smallest absolute Gasteiger partial charge is 0.407 e. The topological polar surface area (TPSA) is 50.7 Å². The van der Waals surface area contributed by atoms with Gasteiger partial charge in [-0.05, 0) is 37.5 Å². The van der Waals surface area contributed by atoms with E-state index in [0.717, 1.165) is 47.4 Å². The largest absolute Gasteiger partial charge is 0.450 e. The van der Waals surface area contributed by atoms with Crippen molar-refractivity contribution in [2.24, 2.45) is 4.99 Å². The zero-order valence-electron chi connectivity index (χ0n) is 19.2. The van der Waals surface area contributed by atoms with Gasteiger partial charge in [-0.1, -0.05) is 93.1 Å². The van der Waals surface area contributed by atoms with Gasteiger partial charge in [-0.3, -0.25) is 0 Å². The number of rotatable bonds is 9. The van der Waals surface area contributed by atoms with Crippen LogP contribution in [0.15, 0.2) is 89.9 Å². The number of ether oxygens (including phenoxy) is 1. The molecule has 0 saturated carbocycles. The summed E-state index contributed by atoms with van der Waals surface area (Å²) in [5, 5.41) is 3.05. The maximum absolute atomic E-state index is 12.3. The zero-order valence-corrected chi connectivity index (χ0v) is 19.2. The molecule has 0 fully saturated rings. The van der Waals surface area contributed by atoms with E-state index in [-0.39, 0.29) is 6.09 Å². The Morgan fingerprint density at radius 1 is 0.906 bits per heavy atom. The number of carbonyl (C=O) groups is 1. The second-order valence-corrected chi connectivity index (χ2v) is 8.04. The highest BCUT2D eigenvalue weighted by atomic mass is 16.5. The van der Waals surface area contributed by atoms with E-state index in [2.05, 4.69) is 43.4 Å². The van der Waals surface area contributed by atoms with Crippen LogP contribution in [0.4, 0.5) is 10.5 Å². The monoisotopic (exact) mass is 428 g/mol. The quantitative estimate of drug-likeness (QED) is 0.294. The summed E-state index contributed by atoms with van der Waals surface area (Å²) < 4.78 is 5.33. The van der Waals surface area contributed by atoms with Crippen LogP contribution in [0.1, 0.15) is 56.7 Å². The molecule has 0 radical (unpaired) electrons. The lowest BCUT2D eigenvalue weighted by molar-refractivity contribution is 0.131. The van der Waals surface area contributed by atoms with Gasteiger partial charge in [0, 0.05) is 11.1 Å². The van der Waals surface area contributed by atoms with Crippen LogP contribution in [-0.4, -0.2) is 18.4 Å². The van der Waals surface area contributed by atoms with Crippen molar-refractivity contribution in [1.29, 1.82) is 0 Å². The molecule has 0 aromatic heterocycles. The first-order chi connectivity index (χ1) is 15.6. The Hall–Kier alpha value is -3.40. The van der Waals surface area contributed by atoms with Crippen molar-refractivity contribution in [3.63, 3.8) is 0 Å². The van der Waals surface area contributed by atoms with Gasteiger partial charge in [0.25, 0.3) is 0 Å². The maximum Gasteiger partial charge on any atom is 0.407 e. The minimum absolute atomic E-state index is 0.383. The molecule has 166 valence electrons. The molecule has 1 amide bonds. The van der Waals surface area contributed by atoms with Gasteiger partial charge in [0.05, 0.1) is 23.5 Å². The lowest BCUT2D eigenvalue weighted by Gasteiger charge is -2.30. The lowest BCUT2D eigenvalue weighted by Crippen LogP contribution is -2.43. The SMILES string of the molecule is CCCCOC(=O)NC(C)(CC)c1cccc(N=C(c2ccccc2)c2ccccc2)c1. The van der Waals surface area contributed by atoms with Crippen molar-refractivity contribution in [3.05, 3.63) is 102 Å². The van der Waals surface area contributed by atoms with Crippen LogP contribution < -0.4 is 5.32 Å². The van der Waals surface area contributed by atoms with Crippen molar-refractivity contribution in [2.75, 3.05) is 6.61 Å². The second kappa shape index (κ2) is 11.3. The van der Waals surface area contributed by atoms with Crippen LogP contribution in [0.25, 0.3) is 0 Å². The van der Waals surface area contributed by atoms with Crippen LogP contribution in [0.3, 0.4) is 0 Å². The van der Waals surface area contributed by atoms with Crippen LogP contribution in [0.5, 0.6) is 0 Å². The van der Waals surface area contributed by atoms with Crippen LogP contribution in [0.2, 0.25) is 0 Å². The van der Waals surface area contributed by atoms with Crippen LogP contribution in [0, 0.1) is 0 Å². The minimum atomic E-state index is -0.547. The summed E-state index contributed by atoms with van der Waals surface area (Å²) >= 11 is 0. The highest BCUT2D eigenvalue weighted by molar-refractivity contribution is 6.13. The molecule has 1 atom stereocenters. The number of hydrogen-bond donors (Lipinski definition) is 1. The van der Waals surface area contributed by atoms with E-state index >= 15 is 0 Å². The molecule has 0 aliphatic rings. The van der Waals surface area contributed by atoms with E-state index < -0.39 is 5.54 Å². The molecular weight excluding hydrogens is 396 g/mol. The third kappa shape index (κ3) is 6.07. The Morgan fingerprint density at radius 3 is 2.09 bits per heavy atom. The maximum atomic E-state index is 12.3. The fourth-order valence-corrected chi connectivity index (χ4v) is 3.47. The number of benzene rings is 3. The number of alkyl carbamates (subject to hydrolysis) is 1. The molecule has 32 heavy (non-hydrogen) atoms. The fourth-order valence-electron chi connectivity index (χ4n) is 3.47. The average molecular weight is 429 g/mol. The molecule has 3 aromatic carbocycles. The first kappa shape index (κ1) is 23.3. The third-order valence-corrected chi connectivity index (χ3v) is 5.63. The Kier molecular flexibility index (Phi) is 8.20. The summed E-state index contributed by atoms with van der Waals surface area (Å²) in [6, 6.07) is 28.4. The van der Waals surface area contributed by atoms with Gasteiger partial charge in [0.15, 0.2) is 0 Å². The summed E-state index contributed by atoms with van der Waals surface area (Å²) in [5.74, 6) is 0. The molecule has 3 rings (SSSR count). The van der Waals surface area contributed by atoms with Crippen molar-refractivity contribution in [2.45, 2.75) is 45.6 Å². The molecule has 3 aromatic rings. The summed E-state index contributed by atoms with van der Waals surface area (Å²) in [4.78, 5) is 17.4. The van der Waals surface area contributed by atoms with E-state index in [4.69, 9.17) is 9.73 Å². The van der Waals surface area contributed by atoms with Crippen molar-refractivity contribution in [1.82, 2.24) is 5.32 Å². The van der Waals surface area contributed by atoms with Gasteiger partial charge in [0.1, 0.15) is 0 Å². The normalized spacial score (nSPS) is 12.5. The summed E-state index contributed by atoms with van der Waals surface area (Å²) in [7, 11) is 0. The highest BCUT2D eigenvalue weighted by Gasteiger charge is 2.27. The molecule has 0 heterocycles. The number of hydrogen-bond acceptors (Lipinski definition) is 3. The van der Waals surface area contributed by atoms with E-state index in [1.165, 1.54) is 0 Å². The van der Waals surface area contributed by atoms with Crippen molar-refractivity contribution >= 4 is 17.5 Å². The van der Waals surface area contributed by atoms with E-state index in [1.54, 1.807) is 0 Å². The Labute approximate surface area is 191 Å². The standard InChI is InChI=1S/C28H32N2O2/c1-4-6-20-32-27(31)30-28(3,5-2)24-18-13-19-25(21-24)29-26(22-14-9-7-10-15-22)23-16-11-8-12-17-23/h7-19,21H,4-6,20H2,1-3H3,(H,30,31). The number of nitrogens with one attached hydrogen (secondary N) is 1. The number of unbranched alkanes of at least 4 members (excludes halogenated alkanes) is 1. The predicted molar refractivity (Wildman–Crippen MR) is 132 cm³/mol. The summed E-state index contributed by atoms with van der Waals surface area (Å²) in [5.41, 5.74) is 4.31. The molecule has 1 N–H and O–H groups in total. The number of amides is 1. The van der Waals surface area contributed by atoms with Gasteiger partial charge in [-0.25, -0.2) is 9.79 Å². The lowest BCUT2D eigenvalue weighted by atomic mass is 9.89. The van der Waals surface area contributed by atoms with Crippen LogP contribution in [-0.2, 0) is 10.3 Å². The zero-order chi connectivity index (χ0) is 22.8. The van der Waals surface area contributed by atoms with E-state index in [9.17, 15) is 4.79 Å². The molecule has 0 aliphatic heterocycles. The molecule has 0 aliphatic carbocycles. The van der Waals surface area contributed by atoms with Crippen LogP contribution >= 0.6 is 0 Å². The van der Waals surface area contributed by atoms with Gasteiger partial charge in [-0.15, -0.1) is 0 Å². The van der Waals surface area contributed by atoms with Crippen molar-refractivity contribution in [3.8, 4) is 0 Å². The van der Waals surface area contributed by atoms with E-state index in [0.29, 0.717) is 6.61 Å². The Morgan fingerprint density at radius 2 is 1.53 bits per heavy atom. The summed E-state index contributed by atoms with van der Waals surface area (Å²) in [6.45, 7) is 6.58. The van der Waals surface area contributed by atoms with Gasteiger partial charge >= 0.3 is 6.09 Å². The second-order valence-electron chi connectivity index (χ2n) is 8.04. The average Bonchev–Trinajstić information content (AvgIpc) is 2.84. The Bertz CT molecular complexity index is 990. The highest BCUT2D eigenvalue weighted by Crippen LogP contribution is 2.29. The number of aliphatic imine (C=N–C) groups is 1.